The maximum Gasteiger partial charge on any atom is 0.227 e. The second-order valence-electron chi connectivity index (χ2n) is 1.61. The van der Waals surface area contributed by atoms with Gasteiger partial charge in [0.25, 0.3) is 0 Å². The Kier molecular flexibility index (Phi) is 1.85. The van der Waals surface area contributed by atoms with Gasteiger partial charge in [-0.1, -0.05) is 0 Å². The van der Waals surface area contributed by atoms with E-state index in [1.54, 1.807) is 12.3 Å². The maximum absolute atomic E-state index is 10.2. The zero-order chi connectivity index (χ0) is 6.69. The number of nitrogens with zero attached hydrogens (tertiary/aromatic N) is 1. The van der Waals surface area contributed by atoms with Crippen molar-refractivity contribution in [2.24, 2.45) is 0 Å². The van der Waals surface area contributed by atoms with Crippen LogP contribution in [0.4, 0.5) is 0 Å². The lowest BCUT2D eigenvalue weighted by Gasteiger charge is -1.84. The smallest absolute Gasteiger partial charge is 0.227 e. The van der Waals surface area contributed by atoms with Crippen molar-refractivity contribution >= 4 is 16.8 Å². The molecule has 3 nitrogen and oxygen atoms in total. The maximum atomic E-state index is 10.2. The van der Waals surface area contributed by atoms with E-state index in [0.717, 1.165) is 5.69 Å². The van der Waals surface area contributed by atoms with Gasteiger partial charge in [0, 0.05) is 11.9 Å². The molecule has 0 saturated heterocycles. The molecule has 0 unspecified atom stereocenters. The van der Waals surface area contributed by atoms with Gasteiger partial charge in [0.15, 0.2) is 0 Å². The van der Waals surface area contributed by atoms with Gasteiger partial charge in [0.05, 0.1) is 6.42 Å². The molecule has 0 aliphatic carbocycles. The van der Waals surface area contributed by atoms with Crippen LogP contribution in [0, 0.1) is 0 Å². The molecule has 0 radical (unpaired) electrons. The standard InChI is InChI=1S/C5H5ClN2O/c6-5(9)3-4-1-2-7-8-4/h1-2H,3H2,(H,7,8). The molecule has 4 heteroatoms. The predicted octanol–water partition coefficient (Wildman–Crippen LogP) is 0.718. The molecule has 1 rings (SSSR count). The Hall–Kier alpha value is -0.830. The minimum absolute atomic E-state index is 0.224. The largest absolute Gasteiger partial charge is 0.282 e. The molecule has 0 atom stereocenters. The topological polar surface area (TPSA) is 45.8 Å². The van der Waals surface area contributed by atoms with E-state index in [0.29, 0.717) is 0 Å². The molecule has 0 bridgehead atoms. The minimum Gasteiger partial charge on any atom is -0.282 e. The first-order valence-electron chi connectivity index (χ1n) is 2.45. The van der Waals surface area contributed by atoms with Crippen molar-refractivity contribution in [1.82, 2.24) is 10.2 Å². The molecule has 0 amide bonds. The third-order valence-corrected chi connectivity index (χ3v) is 1.02. The monoisotopic (exact) mass is 144 g/mol. The second-order valence-corrected chi connectivity index (χ2v) is 2.04. The molecule has 0 aliphatic rings. The number of hydrogen-bond acceptors (Lipinski definition) is 2. The Labute approximate surface area is 57.0 Å². The van der Waals surface area contributed by atoms with Gasteiger partial charge >= 0.3 is 0 Å². The van der Waals surface area contributed by atoms with Crippen molar-refractivity contribution < 1.29 is 4.79 Å². The van der Waals surface area contributed by atoms with Crippen molar-refractivity contribution in [1.29, 1.82) is 0 Å². The molecule has 48 valence electrons. The van der Waals surface area contributed by atoms with Gasteiger partial charge in [-0.3, -0.25) is 9.89 Å². The van der Waals surface area contributed by atoms with Gasteiger partial charge < -0.3 is 0 Å². The molecule has 9 heavy (non-hydrogen) atoms. The van der Waals surface area contributed by atoms with Crippen LogP contribution in [0.25, 0.3) is 0 Å². The summed E-state index contributed by atoms with van der Waals surface area (Å²) >= 11 is 5.08. The van der Waals surface area contributed by atoms with Crippen LogP contribution in [0.5, 0.6) is 0 Å². The second kappa shape index (κ2) is 2.64. The number of aromatic amines is 1. The van der Waals surface area contributed by atoms with E-state index in [1.165, 1.54) is 0 Å². The molecule has 1 heterocycles. The highest BCUT2D eigenvalue weighted by Gasteiger charge is 1.98. The summed E-state index contributed by atoms with van der Waals surface area (Å²) in [7, 11) is 0. The van der Waals surface area contributed by atoms with Crippen molar-refractivity contribution in [2.45, 2.75) is 6.42 Å². The molecular weight excluding hydrogens is 140 g/mol. The first kappa shape index (κ1) is 6.29. The van der Waals surface area contributed by atoms with E-state index in [4.69, 9.17) is 11.6 Å². The number of rotatable bonds is 2. The van der Waals surface area contributed by atoms with Gasteiger partial charge in [-0.2, -0.15) is 5.10 Å². The lowest BCUT2D eigenvalue weighted by atomic mass is 10.3. The average molecular weight is 145 g/mol. The van der Waals surface area contributed by atoms with Crippen LogP contribution in [-0.2, 0) is 11.2 Å². The minimum atomic E-state index is -0.376. The molecule has 0 aliphatic heterocycles. The van der Waals surface area contributed by atoms with Gasteiger partial charge in [0.2, 0.25) is 5.24 Å². The summed E-state index contributed by atoms with van der Waals surface area (Å²) in [5.74, 6) is 0. The number of hydrogen-bond donors (Lipinski definition) is 1. The third kappa shape index (κ3) is 1.85. The molecule has 0 spiro atoms. The molecule has 0 fully saturated rings. The predicted molar refractivity (Wildman–Crippen MR) is 33.2 cm³/mol. The summed E-state index contributed by atoms with van der Waals surface area (Å²) in [6, 6.07) is 1.71. The summed E-state index contributed by atoms with van der Waals surface area (Å²) in [6.45, 7) is 0. The van der Waals surface area contributed by atoms with Crippen LogP contribution in [0.3, 0.4) is 0 Å². The Morgan fingerprint density at radius 3 is 3.11 bits per heavy atom. The average Bonchev–Trinajstić information content (AvgIpc) is 2.15. The molecule has 0 saturated carbocycles. The molecule has 1 aromatic rings. The summed E-state index contributed by atoms with van der Waals surface area (Å²) in [6.07, 6.45) is 1.80. The van der Waals surface area contributed by atoms with E-state index in [-0.39, 0.29) is 11.7 Å². The third-order valence-electron chi connectivity index (χ3n) is 0.888. The van der Waals surface area contributed by atoms with Crippen LogP contribution in [0.1, 0.15) is 5.69 Å². The van der Waals surface area contributed by atoms with Gasteiger partial charge in [-0.25, -0.2) is 0 Å². The van der Waals surface area contributed by atoms with Crippen LogP contribution in [0.15, 0.2) is 12.3 Å². The van der Waals surface area contributed by atoms with E-state index >= 15 is 0 Å². The van der Waals surface area contributed by atoms with Crippen LogP contribution >= 0.6 is 11.6 Å². The lowest BCUT2D eigenvalue weighted by molar-refractivity contribution is -0.111. The van der Waals surface area contributed by atoms with E-state index in [1.807, 2.05) is 0 Å². The number of H-pyrrole nitrogens is 1. The fourth-order valence-corrected chi connectivity index (χ4v) is 0.677. The number of nitrogens with one attached hydrogen (secondary N) is 1. The Balaban J connectivity index is 2.58. The van der Waals surface area contributed by atoms with Crippen molar-refractivity contribution in [3.63, 3.8) is 0 Å². The highest BCUT2D eigenvalue weighted by atomic mass is 35.5. The van der Waals surface area contributed by atoms with Gasteiger partial charge in [-0.05, 0) is 17.7 Å². The highest BCUT2D eigenvalue weighted by Crippen LogP contribution is 1.95. The fourth-order valence-electron chi connectivity index (χ4n) is 0.533. The summed E-state index contributed by atoms with van der Waals surface area (Å²) in [4.78, 5) is 10.2. The zero-order valence-electron chi connectivity index (χ0n) is 4.60. The molecule has 1 aromatic heterocycles. The fraction of sp³-hybridized carbons (Fsp3) is 0.200. The summed E-state index contributed by atoms with van der Waals surface area (Å²) in [5.41, 5.74) is 0.745. The van der Waals surface area contributed by atoms with E-state index in [2.05, 4.69) is 10.2 Å². The van der Waals surface area contributed by atoms with Crippen molar-refractivity contribution in [3.8, 4) is 0 Å². The van der Waals surface area contributed by atoms with E-state index < -0.39 is 0 Å². The highest BCUT2D eigenvalue weighted by molar-refractivity contribution is 6.63. The first-order valence-corrected chi connectivity index (χ1v) is 2.83. The lowest BCUT2D eigenvalue weighted by Crippen LogP contribution is -1.92. The Morgan fingerprint density at radius 1 is 1.89 bits per heavy atom. The summed E-state index contributed by atoms with van der Waals surface area (Å²) in [5, 5.41) is 5.88. The number of aromatic nitrogens is 2. The van der Waals surface area contributed by atoms with Gasteiger partial charge in [0.1, 0.15) is 0 Å². The Morgan fingerprint density at radius 2 is 2.67 bits per heavy atom. The quantitative estimate of drug-likeness (QED) is 0.622. The zero-order valence-corrected chi connectivity index (χ0v) is 5.35. The van der Waals surface area contributed by atoms with Crippen LogP contribution < -0.4 is 0 Å². The van der Waals surface area contributed by atoms with Crippen molar-refractivity contribution in [3.05, 3.63) is 18.0 Å². The van der Waals surface area contributed by atoms with Gasteiger partial charge in [-0.15, -0.1) is 0 Å². The van der Waals surface area contributed by atoms with E-state index in [9.17, 15) is 4.79 Å². The number of carbonyl (C=O) groups excluding carboxylic acids is 1. The molecular formula is C5H5ClN2O. The van der Waals surface area contributed by atoms with Crippen LogP contribution in [0.2, 0.25) is 0 Å². The number of halogens is 1. The van der Waals surface area contributed by atoms with Crippen molar-refractivity contribution in [2.75, 3.05) is 0 Å². The molecule has 1 N–H and O–H groups in total. The summed E-state index contributed by atoms with van der Waals surface area (Å²) < 4.78 is 0. The normalized spacial score (nSPS) is 9.44. The first-order chi connectivity index (χ1) is 4.29. The SMILES string of the molecule is O=C(Cl)Cc1ccn[nH]1. The van der Waals surface area contributed by atoms with Crippen LogP contribution in [-0.4, -0.2) is 15.4 Å². The Bertz CT molecular complexity index is 195. The molecule has 0 aromatic carbocycles. The number of carbonyl (C=O) groups is 1.